The lowest BCUT2D eigenvalue weighted by molar-refractivity contribution is -0.123. The second-order valence-electron chi connectivity index (χ2n) is 6.56. The summed E-state index contributed by atoms with van der Waals surface area (Å²) in [6, 6.07) is 16.2. The van der Waals surface area contributed by atoms with E-state index in [1.165, 1.54) is 4.90 Å². The molecule has 4 nitrogen and oxygen atoms in total. The van der Waals surface area contributed by atoms with Crippen molar-refractivity contribution in [1.82, 2.24) is 4.90 Å². The Hall–Kier alpha value is -2.47. The van der Waals surface area contributed by atoms with E-state index in [2.05, 4.69) is 0 Å². The van der Waals surface area contributed by atoms with Crippen molar-refractivity contribution < 1.29 is 14.0 Å². The van der Waals surface area contributed by atoms with Gasteiger partial charge in [-0.2, -0.15) is 0 Å². The summed E-state index contributed by atoms with van der Waals surface area (Å²) in [4.78, 5) is 26.6. The lowest BCUT2D eigenvalue weighted by Gasteiger charge is -2.12. The molecule has 0 aliphatic carbocycles. The molecule has 1 aliphatic heterocycles. The molecule has 0 radical (unpaired) electrons. The number of hydrogen-bond donors (Lipinski definition) is 0. The summed E-state index contributed by atoms with van der Waals surface area (Å²) in [7, 11) is 0. The predicted octanol–water partition coefficient (Wildman–Crippen LogP) is 6.80. The number of rotatable bonds is 4. The molecular weight excluding hydrogens is 429 g/mol. The molecule has 29 heavy (non-hydrogen) atoms. The van der Waals surface area contributed by atoms with E-state index < -0.39 is 0 Å². The number of thioether (sulfide) groups is 1. The van der Waals surface area contributed by atoms with Crippen molar-refractivity contribution in [3.05, 3.63) is 86.4 Å². The molecule has 0 unspecified atom stereocenters. The van der Waals surface area contributed by atoms with Crippen molar-refractivity contribution in [1.29, 1.82) is 0 Å². The molecule has 146 valence electrons. The molecule has 1 aliphatic rings. The summed E-state index contributed by atoms with van der Waals surface area (Å²) in [5.74, 6) is 0.805. The van der Waals surface area contributed by atoms with Gasteiger partial charge in [0.25, 0.3) is 11.1 Å². The molecule has 1 fully saturated rings. The maximum atomic E-state index is 12.7. The maximum Gasteiger partial charge on any atom is 0.293 e. The highest BCUT2D eigenvalue weighted by Crippen LogP contribution is 2.35. The largest absolute Gasteiger partial charge is 0.457 e. The summed E-state index contributed by atoms with van der Waals surface area (Å²) in [5, 5.41) is 0.909. The first-order valence-electron chi connectivity index (χ1n) is 8.77. The number of aryl methyl sites for hydroxylation is 1. The number of carbonyl (C=O) groups excluding carboxylic acids is 2. The average Bonchev–Trinajstić information content (AvgIpc) is 3.26. The molecule has 0 N–H and O–H groups in total. The van der Waals surface area contributed by atoms with E-state index in [1.54, 1.807) is 36.4 Å². The van der Waals surface area contributed by atoms with Crippen molar-refractivity contribution >= 4 is 52.2 Å². The molecule has 0 bridgehead atoms. The van der Waals surface area contributed by atoms with Gasteiger partial charge in [0.2, 0.25) is 0 Å². The second kappa shape index (κ2) is 8.11. The van der Waals surface area contributed by atoms with E-state index in [0.717, 1.165) is 28.5 Å². The minimum Gasteiger partial charge on any atom is -0.457 e. The number of nitrogens with zero attached hydrogens (tertiary/aromatic N) is 1. The van der Waals surface area contributed by atoms with E-state index in [9.17, 15) is 9.59 Å². The Morgan fingerprint density at radius 3 is 2.48 bits per heavy atom. The third kappa shape index (κ3) is 4.27. The maximum absolute atomic E-state index is 12.7. The van der Waals surface area contributed by atoms with Crippen molar-refractivity contribution in [3.8, 4) is 11.3 Å². The normalized spacial score (nSPS) is 15.6. The summed E-state index contributed by atoms with van der Waals surface area (Å²) >= 11 is 12.9. The number of halogens is 2. The van der Waals surface area contributed by atoms with Crippen LogP contribution in [0.3, 0.4) is 0 Å². The Labute approximate surface area is 182 Å². The third-order valence-corrected chi connectivity index (χ3v) is 5.89. The van der Waals surface area contributed by atoms with Crippen molar-refractivity contribution in [2.45, 2.75) is 13.5 Å². The van der Waals surface area contributed by atoms with Crippen LogP contribution in [-0.4, -0.2) is 16.0 Å². The fourth-order valence-corrected chi connectivity index (χ4v) is 4.09. The van der Waals surface area contributed by atoms with E-state index >= 15 is 0 Å². The van der Waals surface area contributed by atoms with Crippen LogP contribution in [0.5, 0.6) is 0 Å². The van der Waals surface area contributed by atoms with E-state index in [0.29, 0.717) is 26.5 Å². The molecule has 2 heterocycles. The Morgan fingerprint density at radius 1 is 1.00 bits per heavy atom. The van der Waals surface area contributed by atoms with Crippen molar-refractivity contribution in [2.75, 3.05) is 0 Å². The lowest BCUT2D eigenvalue weighted by Crippen LogP contribution is -2.27. The fourth-order valence-electron chi connectivity index (χ4n) is 2.97. The summed E-state index contributed by atoms with van der Waals surface area (Å²) < 4.78 is 5.87. The monoisotopic (exact) mass is 443 g/mol. The Morgan fingerprint density at radius 2 is 1.72 bits per heavy atom. The topological polar surface area (TPSA) is 50.5 Å². The van der Waals surface area contributed by atoms with Gasteiger partial charge in [-0.25, -0.2) is 0 Å². The lowest BCUT2D eigenvalue weighted by atomic mass is 10.1. The van der Waals surface area contributed by atoms with Crippen LogP contribution >= 0.6 is 35.0 Å². The second-order valence-corrected chi connectivity index (χ2v) is 8.42. The molecule has 3 aromatic rings. The molecule has 0 atom stereocenters. The molecule has 1 saturated heterocycles. The number of furan rings is 1. The van der Waals surface area contributed by atoms with Crippen LogP contribution in [0.4, 0.5) is 4.79 Å². The van der Waals surface area contributed by atoms with Crippen molar-refractivity contribution in [2.24, 2.45) is 0 Å². The number of imide groups is 1. The van der Waals surface area contributed by atoms with Crippen LogP contribution in [0.15, 0.2) is 63.9 Å². The van der Waals surface area contributed by atoms with Gasteiger partial charge in [0.15, 0.2) is 0 Å². The van der Waals surface area contributed by atoms with Crippen LogP contribution in [0, 0.1) is 6.92 Å². The molecule has 0 saturated carbocycles. The molecule has 1 aromatic heterocycles. The molecular formula is C22H15Cl2NO3S. The Balaban J connectivity index is 1.55. The van der Waals surface area contributed by atoms with Crippen LogP contribution in [-0.2, 0) is 11.3 Å². The van der Waals surface area contributed by atoms with Gasteiger partial charge in [-0.1, -0.05) is 41.4 Å². The quantitative estimate of drug-likeness (QED) is 0.416. The van der Waals surface area contributed by atoms with Crippen LogP contribution in [0.25, 0.3) is 17.4 Å². The zero-order valence-electron chi connectivity index (χ0n) is 15.3. The smallest absolute Gasteiger partial charge is 0.293 e. The highest BCUT2D eigenvalue weighted by Gasteiger charge is 2.35. The van der Waals surface area contributed by atoms with Crippen molar-refractivity contribution in [3.63, 3.8) is 0 Å². The Kier molecular flexibility index (Phi) is 5.54. The minimum atomic E-state index is -0.341. The number of amides is 2. The van der Waals surface area contributed by atoms with Gasteiger partial charge in [0, 0.05) is 21.7 Å². The van der Waals surface area contributed by atoms with E-state index in [4.69, 9.17) is 27.6 Å². The molecule has 2 aromatic carbocycles. The highest BCUT2D eigenvalue weighted by atomic mass is 35.5. The average molecular weight is 444 g/mol. The Bertz CT molecular complexity index is 1140. The number of carbonyl (C=O) groups is 2. The zero-order chi connectivity index (χ0) is 20.5. The van der Waals surface area contributed by atoms with Crippen LogP contribution in [0.2, 0.25) is 10.0 Å². The minimum absolute atomic E-state index is 0.199. The van der Waals surface area contributed by atoms with Gasteiger partial charge in [0.1, 0.15) is 11.5 Å². The van der Waals surface area contributed by atoms with Crippen LogP contribution in [0.1, 0.15) is 16.9 Å². The highest BCUT2D eigenvalue weighted by molar-refractivity contribution is 8.18. The molecule has 2 amide bonds. The standard InChI is InChI=1S/C22H15Cl2NO3S/c1-13-2-5-16(24)10-18(13)19-9-8-17(28-19)11-20-21(26)25(22(27)29-20)12-14-3-6-15(23)7-4-14/h2-11H,12H2,1H3/b20-11-. The zero-order valence-corrected chi connectivity index (χ0v) is 17.6. The number of benzene rings is 2. The first kappa shape index (κ1) is 19.8. The van der Waals surface area contributed by atoms with Gasteiger partial charge in [-0.05, 0) is 66.2 Å². The molecule has 4 rings (SSSR count). The van der Waals surface area contributed by atoms with Gasteiger partial charge in [-0.3, -0.25) is 14.5 Å². The first-order valence-corrected chi connectivity index (χ1v) is 10.3. The predicted molar refractivity (Wildman–Crippen MR) is 117 cm³/mol. The van der Waals surface area contributed by atoms with Gasteiger partial charge in [0.05, 0.1) is 11.4 Å². The van der Waals surface area contributed by atoms with Gasteiger partial charge >= 0.3 is 0 Å². The van der Waals surface area contributed by atoms with Gasteiger partial charge in [-0.15, -0.1) is 0 Å². The fraction of sp³-hybridized carbons (Fsp3) is 0.0909. The first-order chi connectivity index (χ1) is 13.9. The molecule has 0 spiro atoms. The van der Waals surface area contributed by atoms with E-state index in [1.807, 2.05) is 31.2 Å². The molecule has 7 heteroatoms. The van der Waals surface area contributed by atoms with E-state index in [-0.39, 0.29) is 17.7 Å². The summed E-state index contributed by atoms with van der Waals surface area (Å²) in [5.41, 5.74) is 2.74. The third-order valence-electron chi connectivity index (χ3n) is 4.49. The van der Waals surface area contributed by atoms with Gasteiger partial charge < -0.3 is 4.42 Å². The summed E-state index contributed by atoms with van der Waals surface area (Å²) in [6.45, 7) is 2.17. The summed E-state index contributed by atoms with van der Waals surface area (Å²) in [6.07, 6.45) is 1.59. The number of hydrogen-bond acceptors (Lipinski definition) is 4. The van der Waals surface area contributed by atoms with Crippen LogP contribution < -0.4 is 0 Å². The SMILES string of the molecule is Cc1ccc(Cl)cc1-c1ccc(/C=C2\SC(=O)N(Cc3ccc(Cl)cc3)C2=O)o1.